The van der Waals surface area contributed by atoms with E-state index in [2.05, 4.69) is 32.9 Å². The van der Waals surface area contributed by atoms with E-state index in [1.807, 2.05) is 0 Å². The third-order valence-corrected chi connectivity index (χ3v) is 2.74. The van der Waals surface area contributed by atoms with Gasteiger partial charge in [0.2, 0.25) is 0 Å². The number of halogens is 4. The van der Waals surface area contributed by atoms with Crippen molar-refractivity contribution in [3.8, 4) is 0 Å². The molecule has 0 bridgehead atoms. The van der Waals surface area contributed by atoms with E-state index in [0.717, 1.165) is 0 Å². The van der Waals surface area contributed by atoms with Gasteiger partial charge in [-0.25, -0.2) is 4.68 Å². The molecule has 0 aliphatic rings. The normalized spacial score (nSPS) is 11.3. The zero-order valence-electron chi connectivity index (χ0n) is 9.30. The van der Waals surface area contributed by atoms with Gasteiger partial charge in [-0.1, -0.05) is 6.08 Å². The number of aromatic nitrogens is 2. The van der Waals surface area contributed by atoms with Crippen molar-refractivity contribution in [3.63, 3.8) is 0 Å². The zero-order valence-corrected chi connectivity index (χ0v) is 10.9. The van der Waals surface area contributed by atoms with Crippen LogP contribution in [0.3, 0.4) is 0 Å². The fourth-order valence-electron chi connectivity index (χ4n) is 1.18. The maximum absolute atomic E-state index is 12.2. The molecular weight excluding hydrogens is 315 g/mol. The van der Waals surface area contributed by atoms with Crippen LogP contribution in [0.25, 0.3) is 0 Å². The van der Waals surface area contributed by atoms with Crippen LogP contribution >= 0.6 is 15.9 Å². The number of rotatable bonds is 5. The van der Waals surface area contributed by atoms with Gasteiger partial charge in [0, 0.05) is 6.54 Å². The average Bonchev–Trinajstić information content (AvgIpc) is 2.27. The molecule has 1 aromatic rings. The Labute approximate surface area is 110 Å². The van der Waals surface area contributed by atoms with Crippen molar-refractivity contribution in [2.75, 3.05) is 11.9 Å². The van der Waals surface area contributed by atoms with Crippen LogP contribution in [0.5, 0.6) is 0 Å². The molecule has 100 valence electrons. The quantitative estimate of drug-likeness (QED) is 0.668. The summed E-state index contributed by atoms with van der Waals surface area (Å²) in [5.74, 6) is 0. The molecule has 0 spiro atoms. The first kappa shape index (κ1) is 14.7. The first-order chi connectivity index (χ1) is 8.35. The summed E-state index contributed by atoms with van der Waals surface area (Å²) in [6, 6.07) is 0. The van der Waals surface area contributed by atoms with Crippen LogP contribution in [0.2, 0.25) is 0 Å². The summed E-state index contributed by atoms with van der Waals surface area (Å²) in [5, 5.41) is 6.34. The summed E-state index contributed by atoms with van der Waals surface area (Å²) in [6.45, 7) is 2.64. The third-order valence-electron chi connectivity index (χ3n) is 1.98. The number of nitrogens with zero attached hydrogens (tertiary/aromatic N) is 2. The number of hydrogen-bond acceptors (Lipinski definition) is 3. The van der Waals surface area contributed by atoms with Gasteiger partial charge in [-0.3, -0.25) is 4.79 Å². The Morgan fingerprint density at radius 2 is 2.22 bits per heavy atom. The monoisotopic (exact) mass is 325 g/mol. The molecule has 1 N–H and O–H groups in total. The van der Waals surface area contributed by atoms with Gasteiger partial charge >= 0.3 is 6.18 Å². The molecule has 1 rings (SSSR count). The molecule has 0 unspecified atom stereocenters. The lowest BCUT2D eigenvalue weighted by molar-refractivity contribution is -0.143. The van der Waals surface area contributed by atoms with Crippen LogP contribution in [-0.4, -0.2) is 22.5 Å². The topological polar surface area (TPSA) is 46.9 Å². The Bertz CT molecular complexity index is 484. The molecular formula is C10H11BrF3N3O. The molecule has 0 saturated carbocycles. The fraction of sp³-hybridized carbons (Fsp3) is 0.400. The van der Waals surface area contributed by atoms with Gasteiger partial charge in [0.1, 0.15) is 11.0 Å². The van der Waals surface area contributed by atoms with E-state index in [9.17, 15) is 18.0 Å². The number of anilines is 1. The molecule has 0 aromatic carbocycles. The summed E-state index contributed by atoms with van der Waals surface area (Å²) in [7, 11) is 0. The summed E-state index contributed by atoms with van der Waals surface area (Å²) in [5.41, 5.74) is -0.462. The minimum absolute atomic E-state index is 0.0332. The maximum atomic E-state index is 12.2. The molecule has 0 radical (unpaired) electrons. The summed E-state index contributed by atoms with van der Waals surface area (Å²) < 4.78 is 36.9. The van der Waals surface area contributed by atoms with Crippen LogP contribution in [0.15, 0.2) is 28.1 Å². The molecule has 0 saturated heterocycles. The largest absolute Gasteiger partial charge is 0.408 e. The predicted molar refractivity (Wildman–Crippen MR) is 65.6 cm³/mol. The van der Waals surface area contributed by atoms with E-state index in [-0.39, 0.29) is 4.47 Å². The van der Waals surface area contributed by atoms with Gasteiger partial charge in [-0.15, -0.1) is 6.58 Å². The highest BCUT2D eigenvalue weighted by Crippen LogP contribution is 2.19. The van der Waals surface area contributed by atoms with Crippen molar-refractivity contribution < 1.29 is 13.2 Å². The van der Waals surface area contributed by atoms with E-state index in [1.165, 1.54) is 6.20 Å². The lowest BCUT2D eigenvalue weighted by Crippen LogP contribution is -2.31. The molecule has 18 heavy (non-hydrogen) atoms. The van der Waals surface area contributed by atoms with Crippen LogP contribution < -0.4 is 10.9 Å². The molecule has 0 amide bonds. The minimum atomic E-state index is -4.48. The number of nitrogens with one attached hydrogen (secondary N) is 1. The maximum Gasteiger partial charge on any atom is 0.408 e. The SMILES string of the molecule is C=CCCNc1cnn(CC(F)(F)F)c(=O)c1Br. The van der Waals surface area contributed by atoms with Gasteiger partial charge < -0.3 is 5.32 Å². The Hall–Kier alpha value is -1.31. The Balaban J connectivity index is 2.91. The Morgan fingerprint density at radius 1 is 1.56 bits per heavy atom. The van der Waals surface area contributed by atoms with Crippen LogP contribution in [0.1, 0.15) is 6.42 Å². The lowest BCUT2D eigenvalue weighted by atomic mass is 10.4. The van der Waals surface area contributed by atoms with Crippen LogP contribution in [-0.2, 0) is 6.54 Å². The number of alkyl halides is 3. The first-order valence-electron chi connectivity index (χ1n) is 5.02. The summed E-state index contributed by atoms with van der Waals surface area (Å²) >= 11 is 2.96. The Morgan fingerprint density at radius 3 is 2.78 bits per heavy atom. The van der Waals surface area contributed by atoms with Crippen molar-refractivity contribution >= 4 is 21.6 Å². The highest BCUT2D eigenvalue weighted by Gasteiger charge is 2.29. The van der Waals surface area contributed by atoms with Gasteiger partial charge in [0.25, 0.3) is 5.56 Å². The smallest absolute Gasteiger partial charge is 0.382 e. The second-order valence-corrected chi connectivity index (χ2v) is 4.25. The zero-order chi connectivity index (χ0) is 13.8. The minimum Gasteiger partial charge on any atom is -0.382 e. The molecule has 4 nitrogen and oxygen atoms in total. The van der Waals surface area contributed by atoms with Crippen LogP contribution in [0, 0.1) is 0 Å². The standard InChI is InChI=1S/C10H11BrF3N3O/c1-2-3-4-15-7-5-16-17(6-10(12,13)14)9(18)8(7)11/h2,5,15H,1,3-4,6H2. The molecule has 1 heterocycles. The van der Waals surface area contributed by atoms with E-state index >= 15 is 0 Å². The molecule has 8 heteroatoms. The predicted octanol–water partition coefficient (Wildman–Crippen LogP) is 2.56. The van der Waals surface area contributed by atoms with Gasteiger partial charge in [-0.05, 0) is 22.4 Å². The molecule has 0 atom stereocenters. The Kier molecular flexibility index (Phi) is 4.94. The number of hydrogen-bond donors (Lipinski definition) is 1. The molecule has 0 aliphatic heterocycles. The van der Waals surface area contributed by atoms with Crippen molar-refractivity contribution in [2.45, 2.75) is 19.1 Å². The lowest BCUT2D eigenvalue weighted by Gasteiger charge is -2.11. The highest BCUT2D eigenvalue weighted by molar-refractivity contribution is 9.10. The van der Waals surface area contributed by atoms with Crippen molar-refractivity contribution in [3.05, 3.63) is 33.7 Å². The van der Waals surface area contributed by atoms with Gasteiger partial charge in [0.15, 0.2) is 0 Å². The van der Waals surface area contributed by atoms with Gasteiger partial charge in [-0.2, -0.15) is 18.3 Å². The van der Waals surface area contributed by atoms with E-state index < -0.39 is 18.3 Å². The molecule has 0 aliphatic carbocycles. The third kappa shape index (κ3) is 4.17. The fourth-order valence-corrected chi connectivity index (χ4v) is 1.63. The first-order valence-corrected chi connectivity index (χ1v) is 5.81. The van der Waals surface area contributed by atoms with Crippen molar-refractivity contribution in [2.24, 2.45) is 0 Å². The van der Waals surface area contributed by atoms with E-state index in [0.29, 0.717) is 23.3 Å². The van der Waals surface area contributed by atoms with Gasteiger partial charge in [0.05, 0.1) is 11.9 Å². The van der Waals surface area contributed by atoms with Crippen molar-refractivity contribution in [1.29, 1.82) is 0 Å². The second-order valence-electron chi connectivity index (χ2n) is 3.45. The summed E-state index contributed by atoms with van der Waals surface area (Å²) in [4.78, 5) is 11.6. The highest BCUT2D eigenvalue weighted by atomic mass is 79.9. The van der Waals surface area contributed by atoms with Crippen molar-refractivity contribution in [1.82, 2.24) is 9.78 Å². The molecule has 0 fully saturated rings. The summed E-state index contributed by atoms with van der Waals surface area (Å²) in [6.07, 6.45) is -0.953. The second kappa shape index (κ2) is 6.03. The van der Waals surface area contributed by atoms with E-state index in [4.69, 9.17) is 0 Å². The van der Waals surface area contributed by atoms with E-state index in [1.54, 1.807) is 6.08 Å². The van der Waals surface area contributed by atoms with Crippen LogP contribution in [0.4, 0.5) is 18.9 Å². The molecule has 1 aromatic heterocycles. The average molecular weight is 326 g/mol.